The van der Waals surface area contributed by atoms with Crippen LogP contribution in [0.1, 0.15) is 49.1 Å². The number of methoxy groups -OCH3 is 1. The molecular formula is C26H25NO2. The second kappa shape index (κ2) is 7.66. The molecule has 146 valence electrons. The number of fused-ring (bicyclic) bond motifs is 1. The van der Waals surface area contributed by atoms with Crippen LogP contribution in [0.5, 0.6) is 11.5 Å². The maximum absolute atomic E-state index is 6.25. The minimum atomic E-state index is -0.166. The second-order valence-corrected chi connectivity index (χ2v) is 8.09. The van der Waals surface area contributed by atoms with Crippen LogP contribution in [0.2, 0.25) is 0 Å². The number of hydroxylamine groups is 2. The normalized spacial score (nSPS) is 15.8. The summed E-state index contributed by atoms with van der Waals surface area (Å²) >= 11 is 0. The van der Waals surface area contributed by atoms with Gasteiger partial charge in [0.15, 0.2) is 5.75 Å². The molecule has 0 N–H and O–H groups in total. The number of para-hydroxylation sites is 1. The van der Waals surface area contributed by atoms with Crippen LogP contribution < -0.4 is 9.57 Å². The molecule has 3 aromatic rings. The first-order chi connectivity index (χ1) is 14.0. The third-order valence-electron chi connectivity index (χ3n) is 4.99. The van der Waals surface area contributed by atoms with Crippen LogP contribution in [0, 0.1) is 11.8 Å². The monoisotopic (exact) mass is 383 g/mol. The standard InChI is InChI=1S/C26H25NO2/c1-26(2,3)27-25(23-11-7-8-12-24(23)29-27)22-10-6-5-9-20(22)16-13-19-14-17-21(28-4)18-15-19/h5-12,14-15,17-18,25H,1-4H3. The van der Waals surface area contributed by atoms with Gasteiger partial charge in [-0.2, -0.15) is 0 Å². The van der Waals surface area contributed by atoms with E-state index < -0.39 is 0 Å². The molecule has 3 aromatic carbocycles. The van der Waals surface area contributed by atoms with Crippen LogP contribution in [0.3, 0.4) is 0 Å². The summed E-state index contributed by atoms with van der Waals surface area (Å²) in [4.78, 5) is 6.25. The fourth-order valence-electron chi connectivity index (χ4n) is 3.56. The van der Waals surface area contributed by atoms with E-state index in [-0.39, 0.29) is 11.6 Å². The summed E-state index contributed by atoms with van der Waals surface area (Å²) in [5, 5.41) is 2.07. The van der Waals surface area contributed by atoms with E-state index >= 15 is 0 Å². The molecular weight excluding hydrogens is 358 g/mol. The summed E-state index contributed by atoms with van der Waals surface area (Å²) in [5.74, 6) is 8.40. The molecule has 0 spiro atoms. The molecule has 0 fully saturated rings. The van der Waals surface area contributed by atoms with Crippen molar-refractivity contribution in [1.29, 1.82) is 0 Å². The molecule has 29 heavy (non-hydrogen) atoms. The lowest BCUT2D eigenvalue weighted by Crippen LogP contribution is -2.43. The molecule has 1 aliphatic rings. The number of benzene rings is 3. The van der Waals surface area contributed by atoms with Crippen molar-refractivity contribution in [2.24, 2.45) is 0 Å². The first kappa shape index (κ1) is 19.1. The molecule has 1 aliphatic heterocycles. The van der Waals surface area contributed by atoms with Gasteiger partial charge in [0, 0.05) is 22.2 Å². The fourth-order valence-corrected chi connectivity index (χ4v) is 3.56. The van der Waals surface area contributed by atoms with Gasteiger partial charge >= 0.3 is 0 Å². The zero-order valence-corrected chi connectivity index (χ0v) is 17.3. The van der Waals surface area contributed by atoms with Crippen LogP contribution in [-0.4, -0.2) is 17.7 Å². The van der Waals surface area contributed by atoms with Crippen LogP contribution in [0.25, 0.3) is 0 Å². The van der Waals surface area contributed by atoms with E-state index in [1.165, 1.54) is 5.56 Å². The van der Waals surface area contributed by atoms with E-state index in [0.29, 0.717) is 0 Å². The smallest absolute Gasteiger partial charge is 0.152 e. The molecule has 0 saturated carbocycles. The number of rotatable bonds is 2. The Balaban J connectivity index is 1.77. The molecule has 1 atom stereocenters. The Morgan fingerprint density at radius 3 is 2.17 bits per heavy atom. The Morgan fingerprint density at radius 2 is 1.48 bits per heavy atom. The summed E-state index contributed by atoms with van der Waals surface area (Å²) < 4.78 is 5.23. The maximum Gasteiger partial charge on any atom is 0.152 e. The van der Waals surface area contributed by atoms with Crippen molar-refractivity contribution in [3.8, 4) is 23.3 Å². The molecule has 1 heterocycles. The van der Waals surface area contributed by atoms with Crippen molar-refractivity contribution in [1.82, 2.24) is 5.06 Å². The summed E-state index contributed by atoms with van der Waals surface area (Å²) in [5.41, 5.74) is 4.11. The molecule has 3 nitrogen and oxygen atoms in total. The Morgan fingerprint density at radius 1 is 0.828 bits per heavy atom. The van der Waals surface area contributed by atoms with Crippen LogP contribution in [0.4, 0.5) is 0 Å². The largest absolute Gasteiger partial charge is 0.497 e. The molecule has 3 heteroatoms. The molecule has 0 amide bonds. The Hall–Kier alpha value is -3.22. The predicted molar refractivity (Wildman–Crippen MR) is 116 cm³/mol. The van der Waals surface area contributed by atoms with Crippen molar-refractivity contribution < 1.29 is 9.57 Å². The molecule has 0 aromatic heterocycles. The average molecular weight is 383 g/mol. The number of ether oxygens (including phenoxy) is 1. The predicted octanol–water partition coefficient (Wildman–Crippen LogP) is 5.59. The third kappa shape index (κ3) is 3.85. The Bertz CT molecular complexity index is 1070. The highest BCUT2D eigenvalue weighted by atomic mass is 16.7. The van der Waals surface area contributed by atoms with E-state index in [1.807, 2.05) is 42.5 Å². The van der Waals surface area contributed by atoms with E-state index in [0.717, 1.165) is 28.2 Å². The van der Waals surface area contributed by atoms with E-state index in [1.54, 1.807) is 7.11 Å². The fraction of sp³-hybridized carbons (Fsp3) is 0.231. The van der Waals surface area contributed by atoms with Gasteiger partial charge in [-0.3, -0.25) is 0 Å². The van der Waals surface area contributed by atoms with Gasteiger partial charge in [-0.1, -0.05) is 48.2 Å². The maximum atomic E-state index is 6.25. The van der Waals surface area contributed by atoms with Crippen molar-refractivity contribution >= 4 is 0 Å². The van der Waals surface area contributed by atoms with Gasteiger partial charge < -0.3 is 9.57 Å². The zero-order chi connectivity index (χ0) is 20.4. The van der Waals surface area contributed by atoms with E-state index in [4.69, 9.17) is 9.57 Å². The van der Waals surface area contributed by atoms with Gasteiger partial charge in [0.25, 0.3) is 0 Å². The lowest BCUT2D eigenvalue weighted by Gasteiger charge is -2.35. The third-order valence-corrected chi connectivity index (χ3v) is 4.99. The minimum absolute atomic E-state index is 0.00688. The molecule has 4 rings (SSSR count). The minimum Gasteiger partial charge on any atom is -0.497 e. The molecule has 0 saturated heterocycles. The Kier molecular flexibility index (Phi) is 5.05. The number of hydrogen-bond donors (Lipinski definition) is 0. The quantitative estimate of drug-likeness (QED) is 0.538. The highest BCUT2D eigenvalue weighted by Gasteiger charge is 2.40. The van der Waals surface area contributed by atoms with Crippen molar-refractivity contribution in [3.63, 3.8) is 0 Å². The summed E-state index contributed by atoms with van der Waals surface area (Å²) in [6.07, 6.45) is 0. The van der Waals surface area contributed by atoms with E-state index in [2.05, 4.69) is 68.0 Å². The zero-order valence-electron chi connectivity index (χ0n) is 17.3. The topological polar surface area (TPSA) is 21.7 Å². The SMILES string of the molecule is COc1ccc(C#Cc2ccccc2C2c3ccccc3ON2C(C)(C)C)cc1. The van der Waals surface area contributed by atoms with Crippen LogP contribution >= 0.6 is 0 Å². The molecule has 0 radical (unpaired) electrons. The van der Waals surface area contributed by atoms with Crippen LogP contribution in [0.15, 0.2) is 72.8 Å². The van der Waals surface area contributed by atoms with Crippen LogP contribution in [-0.2, 0) is 0 Å². The first-order valence-electron chi connectivity index (χ1n) is 9.78. The molecule has 0 aliphatic carbocycles. The molecule has 1 unspecified atom stereocenters. The second-order valence-electron chi connectivity index (χ2n) is 8.09. The number of hydrogen-bond acceptors (Lipinski definition) is 3. The van der Waals surface area contributed by atoms with Gasteiger partial charge in [0.2, 0.25) is 0 Å². The first-order valence-corrected chi connectivity index (χ1v) is 9.78. The van der Waals surface area contributed by atoms with E-state index in [9.17, 15) is 0 Å². The highest BCUT2D eigenvalue weighted by Crippen LogP contribution is 2.45. The summed E-state index contributed by atoms with van der Waals surface area (Å²) in [7, 11) is 1.67. The molecule has 0 bridgehead atoms. The van der Waals surface area contributed by atoms with Gasteiger partial charge in [-0.05, 0) is 62.7 Å². The van der Waals surface area contributed by atoms with Crippen molar-refractivity contribution in [3.05, 3.63) is 95.1 Å². The summed E-state index contributed by atoms with van der Waals surface area (Å²) in [6.45, 7) is 6.49. The van der Waals surface area contributed by atoms with Gasteiger partial charge in [0.05, 0.1) is 7.11 Å². The van der Waals surface area contributed by atoms with Gasteiger partial charge in [-0.25, -0.2) is 0 Å². The Labute approximate surface area is 172 Å². The number of nitrogens with zero attached hydrogens (tertiary/aromatic N) is 1. The van der Waals surface area contributed by atoms with Gasteiger partial charge in [-0.15, -0.1) is 5.06 Å². The van der Waals surface area contributed by atoms with Gasteiger partial charge in [0.1, 0.15) is 11.8 Å². The van der Waals surface area contributed by atoms with Crippen molar-refractivity contribution in [2.45, 2.75) is 32.4 Å². The van der Waals surface area contributed by atoms with Crippen molar-refractivity contribution in [2.75, 3.05) is 7.11 Å². The lowest BCUT2D eigenvalue weighted by atomic mass is 9.92. The summed E-state index contributed by atoms with van der Waals surface area (Å²) in [6, 6.07) is 24.4. The average Bonchev–Trinajstić information content (AvgIpc) is 3.13. The highest BCUT2D eigenvalue weighted by molar-refractivity contribution is 5.53. The lowest BCUT2D eigenvalue weighted by molar-refractivity contribution is -0.128.